The van der Waals surface area contributed by atoms with E-state index in [2.05, 4.69) is 5.32 Å². The minimum atomic E-state index is -3.79. The highest BCUT2D eigenvalue weighted by molar-refractivity contribution is 7.91. The molecule has 0 heterocycles. The van der Waals surface area contributed by atoms with Crippen molar-refractivity contribution in [2.24, 2.45) is 0 Å². The van der Waals surface area contributed by atoms with Gasteiger partial charge in [0.15, 0.2) is 5.75 Å². The van der Waals surface area contributed by atoms with Crippen LogP contribution in [0.25, 0.3) is 0 Å². The molecular weight excluding hydrogens is 550 g/mol. The molecule has 200 valence electrons. The largest absolute Gasteiger partial charge is 0.455 e. The molecule has 0 aliphatic heterocycles. The fourth-order valence-electron chi connectivity index (χ4n) is 3.65. The Morgan fingerprint density at radius 3 is 1.92 bits per heavy atom. The van der Waals surface area contributed by atoms with Crippen LogP contribution in [-0.2, 0) is 9.84 Å². The second-order valence-electron chi connectivity index (χ2n) is 8.44. The van der Waals surface area contributed by atoms with Crippen LogP contribution >= 0.6 is 11.6 Å². The maximum Gasteiger partial charge on any atom is 0.326 e. The van der Waals surface area contributed by atoms with E-state index in [9.17, 15) is 26.8 Å². The Kier molecular flexibility index (Phi) is 7.98. The van der Waals surface area contributed by atoms with Crippen molar-refractivity contribution in [3.05, 3.63) is 112 Å². The third kappa shape index (κ3) is 6.08. The molecule has 4 aromatic rings. The van der Waals surface area contributed by atoms with Gasteiger partial charge in [0.05, 0.1) is 15.5 Å². The lowest BCUT2D eigenvalue weighted by molar-refractivity contribution is 0.0959. The molecule has 0 radical (unpaired) electrons. The fourth-order valence-corrected chi connectivity index (χ4v) is 5.04. The topological polar surface area (TPSA) is 102 Å². The van der Waals surface area contributed by atoms with Gasteiger partial charge < -0.3 is 10.1 Å². The lowest BCUT2D eigenvalue weighted by Gasteiger charge is -2.17. The number of ether oxygens (including phenoxy) is 1. The summed E-state index contributed by atoms with van der Waals surface area (Å²) in [5.41, 5.74) is 0.489. The minimum Gasteiger partial charge on any atom is -0.455 e. The number of anilines is 1. The SMILES string of the molecule is Cc1ccc(C)c(Oc2ccc(S(=O)(=O)c3ccc(Cl)cc3)cc2)c1NC(=O)NC(=O)c1c(F)cccc1F. The molecule has 0 unspecified atom stereocenters. The van der Waals surface area contributed by atoms with Crippen molar-refractivity contribution < 1.29 is 31.5 Å². The summed E-state index contributed by atoms with van der Waals surface area (Å²) in [4.78, 5) is 25.0. The van der Waals surface area contributed by atoms with Crippen molar-refractivity contribution >= 4 is 39.1 Å². The zero-order valence-corrected chi connectivity index (χ0v) is 22.2. The zero-order valence-electron chi connectivity index (χ0n) is 20.6. The van der Waals surface area contributed by atoms with Gasteiger partial charge in [-0.25, -0.2) is 22.0 Å². The molecular formula is C28H21ClF2N2O5S. The highest BCUT2D eigenvalue weighted by atomic mass is 35.5. The van der Waals surface area contributed by atoms with Crippen molar-refractivity contribution in [3.8, 4) is 11.5 Å². The van der Waals surface area contributed by atoms with E-state index in [0.29, 0.717) is 16.1 Å². The first-order valence-corrected chi connectivity index (χ1v) is 13.3. The van der Waals surface area contributed by atoms with E-state index in [1.807, 2.05) is 5.32 Å². The summed E-state index contributed by atoms with van der Waals surface area (Å²) in [5.74, 6) is -2.99. The number of carbonyl (C=O) groups is 2. The Morgan fingerprint density at radius 1 is 0.795 bits per heavy atom. The van der Waals surface area contributed by atoms with E-state index in [1.165, 1.54) is 48.5 Å². The smallest absolute Gasteiger partial charge is 0.326 e. The Labute approximate surface area is 228 Å². The van der Waals surface area contributed by atoms with Gasteiger partial charge in [-0.2, -0.15) is 0 Å². The van der Waals surface area contributed by atoms with Crippen molar-refractivity contribution in [1.29, 1.82) is 0 Å². The third-order valence-corrected chi connectivity index (χ3v) is 7.73. The van der Waals surface area contributed by atoms with Gasteiger partial charge in [0, 0.05) is 5.02 Å². The molecule has 0 bridgehead atoms. The van der Waals surface area contributed by atoms with E-state index < -0.39 is 39.0 Å². The van der Waals surface area contributed by atoms with Crippen molar-refractivity contribution in [2.75, 3.05) is 5.32 Å². The van der Waals surface area contributed by atoms with Gasteiger partial charge in [-0.1, -0.05) is 29.8 Å². The predicted octanol–water partition coefficient (Wildman–Crippen LogP) is 6.82. The predicted molar refractivity (Wildman–Crippen MR) is 142 cm³/mol. The number of carbonyl (C=O) groups excluding carboxylic acids is 2. The van der Waals surface area contributed by atoms with Crippen LogP contribution in [0.5, 0.6) is 11.5 Å². The van der Waals surface area contributed by atoms with Crippen LogP contribution in [0, 0.1) is 25.5 Å². The van der Waals surface area contributed by atoms with Crippen molar-refractivity contribution in [1.82, 2.24) is 5.32 Å². The second-order valence-corrected chi connectivity index (χ2v) is 10.8. The number of halogens is 3. The van der Waals surface area contributed by atoms with Crippen LogP contribution in [0.15, 0.2) is 88.7 Å². The summed E-state index contributed by atoms with van der Waals surface area (Å²) in [7, 11) is -3.79. The van der Waals surface area contributed by atoms with Gasteiger partial charge in [0.1, 0.15) is 22.9 Å². The second kappa shape index (κ2) is 11.2. The Bertz CT molecular complexity index is 1660. The average molecular weight is 571 g/mol. The summed E-state index contributed by atoms with van der Waals surface area (Å²) >= 11 is 5.85. The van der Waals surface area contributed by atoms with Crippen molar-refractivity contribution in [2.45, 2.75) is 23.6 Å². The fraction of sp³-hybridized carbons (Fsp3) is 0.0714. The van der Waals surface area contributed by atoms with Crippen molar-refractivity contribution in [3.63, 3.8) is 0 Å². The molecule has 11 heteroatoms. The summed E-state index contributed by atoms with van der Waals surface area (Å²) in [6.07, 6.45) is 0. The number of sulfone groups is 1. The lowest BCUT2D eigenvalue weighted by atomic mass is 10.1. The zero-order chi connectivity index (χ0) is 28.3. The van der Waals surface area contributed by atoms with E-state index in [4.69, 9.17) is 16.3 Å². The molecule has 0 saturated carbocycles. The molecule has 7 nitrogen and oxygen atoms in total. The molecule has 0 aliphatic carbocycles. The number of urea groups is 1. The van der Waals surface area contributed by atoms with Gasteiger partial charge in [0.2, 0.25) is 9.84 Å². The summed E-state index contributed by atoms with van der Waals surface area (Å²) < 4.78 is 59.6. The average Bonchev–Trinajstić information content (AvgIpc) is 2.88. The Hall–Kier alpha value is -4.28. The molecule has 3 amide bonds. The minimum absolute atomic E-state index is 0.0368. The molecule has 0 aliphatic rings. The van der Waals surface area contributed by atoms with E-state index in [-0.39, 0.29) is 27.0 Å². The number of rotatable bonds is 6. The van der Waals surface area contributed by atoms with Crippen LogP contribution in [0.2, 0.25) is 5.02 Å². The first kappa shape index (κ1) is 27.7. The summed E-state index contributed by atoms with van der Waals surface area (Å²) in [5, 5.41) is 4.81. The van der Waals surface area contributed by atoms with E-state index >= 15 is 0 Å². The molecule has 2 N–H and O–H groups in total. The van der Waals surface area contributed by atoms with E-state index in [0.717, 1.165) is 18.2 Å². The monoisotopic (exact) mass is 570 g/mol. The maximum atomic E-state index is 13.9. The lowest BCUT2D eigenvalue weighted by Crippen LogP contribution is -2.35. The Morgan fingerprint density at radius 2 is 1.33 bits per heavy atom. The maximum absolute atomic E-state index is 13.9. The molecule has 0 atom stereocenters. The molecule has 0 fully saturated rings. The number of nitrogens with one attached hydrogen (secondary N) is 2. The number of hydrogen-bond donors (Lipinski definition) is 2. The van der Waals surface area contributed by atoms with Crippen LogP contribution in [0.4, 0.5) is 19.3 Å². The summed E-state index contributed by atoms with van der Waals surface area (Å²) in [6, 6.07) is 16.8. The van der Waals surface area contributed by atoms with Gasteiger partial charge in [0.25, 0.3) is 5.91 Å². The van der Waals surface area contributed by atoms with Gasteiger partial charge >= 0.3 is 6.03 Å². The van der Waals surface area contributed by atoms with E-state index in [1.54, 1.807) is 26.0 Å². The normalized spacial score (nSPS) is 11.1. The Balaban J connectivity index is 1.55. The molecule has 0 aromatic heterocycles. The van der Waals surface area contributed by atoms with Crippen LogP contribution in [0.1, 0.15) is 21.5 Å². The molecule has 0 saturated heterocycles. The number of hydrogen-bond acceptors (Lipinski definition) is 5. The van der Waals surface area contributed by atoms with Gasteiger partial charge in [-0.15, -0.1) is 0 Å². The summed E-state index contributed by atoms with van der Waals surface area (Å²) in [6.45, 7) is 3.40. The first-order valence-electron chi connectivity index (χ1n) is 11.4. The number of benzene rings is 4. The quantitative estimate of drug-likeness (QED) is 0.265. The van der Waals surface area contributed by atoms with Crippen LogP contribution in [-0.4, -0.2) is 20.4 Å². The van der Waals surface area contributed by atoms with Gasteiger partial charge in [-0.05, 0) is 85.6 Å². The van der Waals surface area contributed by atoms with Crippen LogP contribution in [0.3, 0.4) is 0 Å². The molecule has 4 aromatic carbocycles. The third-order valence-electron chi connectivity index (χ3n) is 5.70. The molecule has 0 spiro atoms. The highest BCUT2D eigenvalue weighted by Crippen LogP contribution is 2.36. The van der Waals surface area contributed by atoms with Gasteiger partial charge in [-0.3, -0.25) is 10.1 Å². The number of aryl methyl sites for hydroxylation is 2. The molecule has 4 rings (SSSR count). The number of imide groups is 1. The molecule has 39 heavy (non-hydrogen) atoms. The first-order chi connectivity index (χ1) is 18.5. The highest BCUT2D eigenvalue weighted by Gasteiger charge is 2.22. The standard InChI is InChI=1S/C28H21ClF2N2O5S/c1-16-6-7-17(2)26(25(16)32-28(35)33-27(34)24-22(30)4-3-5-23(24)31)38-19-10-14-21(15-11-19)39(36,37)20-12-8-18(29)9-13-20/h3-15H,1-2H3,(H2,32,33,34,35). The number of amides is 3. The van der Waals surface area contributed by atoms with Crippen LogP contribution < -0.4 is 15.4 Å².